The van der Waals surface area contributed by atoms with Gasteiger partial charge in [-0.05, 0) is 6.42 Å². The predicted octanol–water partition coefficient (Wildman–Crippen LogP) is 3.28. The molecule has 11 heteroatoms. The van der Waals surface area contributed by atoms with Gasteiger partial charge in [0.1, 0.15) is 17.1 Å². The molecule has 0 fully saturated rings. The number of rotatable bonds is 8. The molecule has 146 valence electrons. The number of hydrogen-bond donors (Lipinski definition) is 2. The molecular formula is C16H19F2N5O4. The van der Waals surface area contributed by atoms with Crippen LogP contribution in [0.25, 0.3) is 0 Å². The molecule has 0 saturated carbocycles. The van der Waals surface area contributed by atoms with Crippen molar-refractivity contribution in [2.75, 3.05) is 24.4 Å². The van der Waals surface area contributed by atoms with Crippen LogP contribution in [0.4, 0.5) is 25.2 Å². The fraction of sp³-hybridized carbons (Fsp3) is 0.375. The van der Waals surface area contributed by atoms with E-state index in [-0.39, 0.29) is 29.6 Å². The summed E-state index contributed by atoms with van der Waals surface area (Å²) in [5.41, 5.74) is 0.0361. The van der Waals surface area contributed by atoms with Crippen LogP contribution in [-0.4, -0.2) is 40.5 Å². The summed E-state index contributed by atoms with van der Waals surface area (Å²) in [6.45, 7) is -0.560. The maximum Gasteiger partial charge on any atom is 0.412 e. The van der Waals surface area contributed by atoms with Crippen LogP contribution in [0.1, 0.15) is 36.7 Å². The Morgan fingerprint density at radius 2 is 2.07 bits per heavy atom. The summed E-state index contributed by atoms with van der Waals surface area (Å²) in [4.78, 5) is 27.9. The molecule has 2 heterocycles. The number of ether oxygens (including phenoxy) is 2. The number of hydrogen-bond acceptors (Lipinski definition) is 6. The first-order valence-electron chi connectivity index (χ1n) is 8.07. The van der Waals surface area contributed by atoms with Crippen molar-refractivity contribution in [2.24, 2.45) is 0 Å². The van der Waals surface area contributed by atoms with Crippen molar-refractivity contribution in [2.45, 2.75) is 26.3 Å². The van der Waals surface area contributed by atoms with Crippen molar-refractivity contribution in [3.05, 3.63) is 30.1 Å². The molecule has 2 aromatic heterocycles. The van der Waals surface area contributed by atoms with E-state index in [1.807, 2.05) is 6.92 Å². The van der Waals surface area contributed by atoms with Gasteiger partial charge in [-0.3, -0.25) is 10.1 Å². The molecule has 27 heavy (non-hydrogen) atoms. The van der Waals surface area contributed by atoms with Crippen LogP contribution in [0, 0.1) is 0 Å². The zero-order chi connectivity index (χ0) is 19.8. The van der Waals surface area contributed by atoms with E-state index in [1.54, 1.807) is 0 Å². The molecule has 2 rings (SSSR count). The summed E-state index contributed by atoms with van der Waals surface area (Å²) in [6.07, 6.45) is 3.17. The minimum Gasteiger partial charge on any atom is -0.496 e. The molecule has 0 spiro atoms. The SMILES string of the molecule is CCCCOC(=O)Nc1cc(OC)c(C(=O)Nc2ccn(C(F)F)n2)cn1. The second-order valence-corrected chi connectivity index (χ2v) is 5.30. The van der Waals surface area contributed by atoms with E-state index in [9.17, 15) is 18.4 Å². The predicted molar refractivity (Wildman–Crippen MR) is 92.1 cm³/mol. The van der Waals surface area contributed by atoms with E-state index in [0.717, 1.165) is 19.0 Å². The van der Waals surface area contributed by atoms with Gasteiger partial charge in [-0.1, -0.05) is 13.3 Å². The zero-order valence-corrected chi connectivity index (χ0v) is 14.7. The number of pyridine rings is 1. The minimum absolute atomic E-state index is 0.0361. The van der Waals surface area contributed by atoms with Crippen LogP contribution >= 0.6 is 0 Å². The molecule has 2 amide bonds. The van der Waals surface area contributed by atoms with Crippen LogP contribution in [0.3, 0.4) is 0 Å². The Balaban J connectivity index is 2.05. The highest BCUT2D eigenvalue weighted by molar-refractivity contribution is 6.05. The summed E-state index contributed by atoms with van der Waals surface area (Å²) in [6, 6.07) is 2.57. The second kappa shape index (κ2) is 9.46. The highest BCUT2D eigenvalue weighted by Crippen LogP contribution is 2.22. The van der Waals surface area contributed by atoms with Gasteiger partial charge >= 0.3 is 12.6 Å². The molecule has 0 saturated heterocycles. The molecule has 2 aromatic rings. The Labute approximate surface area is 153 Å². The quantitative estimate of drug-likeness (QED) is 0.678. The monoisotopic (exact) mass is 383 g/mol. The van der Waals surface area contributed by atoms with Crippen LogP contribution < -0.4 is 15.4 Å². The Morgan fingerprint density at radius 3 is 2.70 bits per heavy atom. The van der Waals surface area contributed by atoms with E-state index in [4.69, 9.17) is 9.47 Å². The second-order valence-electron chi connectivity index (χ2n) is 5.30. The summed E-state index contributed by atoms with van der Waals surface area (Å²) in [5, 5.41) is 8.31. The highest BCUT2D eigenvalue weighted by atomic mass is 19.3. The summed E-state index contributed by atoms with van der Waals surface area (Å²) in [7, 11) is 1.33. The van der Waals surface area contributed by atoms with Crippen LogP contribution in [-0.2, 0) is 4.74 Å². The fourth-order valence-corrected chi connectivity index (χ4v) is 1.99. The molecule has 0 aliphatic heterocycles. The lowest BCUT2D eigenvalue weighted by atomic mass is 10.2. The number of nitrogens with one attached hydrogen (secondary N) is 2. The topological polar surface area (TPSA) is 107 Å². The number of methoxy groups -OCH3 is 1. The summed E-state index contributed by atoms with van der Waals surface area (Å²) >= 11 is 0. The smallest absolute Gasteiger partial charge is 0.412 e. The van der Waals surface area contributed by atoms with Gasteiger partial charge in [-0.15, -0.1) is 0 Å². The minimum atomic E-state index is -2.81. The fourth-order valence-electron chi connectivity index (χ4n) is 1.99. The number of halogens is 2. The molecule has 2 N–H and O–H groups in total. The van der Waals surface area contributed by atoms with Crippen molar-refractivity contribution in [1.82, 2.24) is 14.8 Å². The number of aromatic nitrogens is 3. The molecule has 0 atom stereocenters. The third kappa shape index (κ3) is 5.62. The van der Waals surface area contributed by atoms with Gasteiger partial charge in [0.2, 0.25) is 0 Å². The molecule has 0 radical (unpaired) electrons. The Morgan fingerprint density at radius 1 is 1.30 bits per heavy atom. The third-order valence-corrected chi connectivity index (χ3v) is 3.34. The first-order valence-corrected chi connectivity index (χ1v) is 8.07. The normalized spacial score (nSPS) is 10.6. The van der Waals surface area contributed by atoms with Crippen molar-refractivity contribution < 1.29 is 27.8 Å². The largest absolute Gasteiger partial charge is 0.496 e. The van der Waals surface area contributed by atoms with Crippen molar-refractivity contribution in [3.8, 4) is 5.75 Å². The lowest BCUT2D eigenvalue weighted by Gasteiger charge is -2.10. The maximum absolute atomic E-state index is 12.5. The maximum atomic E-state index is 12.5. The number of carbonyl (C=O) groups excluding carboxylic acids is 2. The molecule has 0 aliphatic carbocycles. The highest BCUT2D eigenvalue weighted by Gasteiger charge is 2.17. The molecule has 0 aromatic carbocycles. The van der Waals surface area contributed by atoms with Gasteiger partial charge < -0.3 is 14.8 Å². The average molecular weight is 383 g/mol. The van der Waals surface area contributed by atoms with Crippen molar-refractivity contribution in [1.29, 1.82) is 0 Å². The van der Waals surface area contributed by atoms with Gasteiger partial charge in [-0.2, -0.15) is 13.9 Å². The first-order chi connectivity index (χ1) is 12.9. The van der Waals surface area contributed by atoms with Gasteiger partial charge in [0.25, 0.3) is 5.91 Å². The van der Waals surface area contributed by atoms with Gasteiger partial charge in [0.05, 0.1) is 13.7 Å². The van der Waals surface area contributed by atoms with Gasteiger partial charge in [0, 0.05) is 24.5 Å². The number of amides is 2. The van der Waals surface area contributed by atoms with E-state index in [0.29, 0.717) is 4.68 Å². The molecule has 0 bridgehead atoms. The number of nitrogens with zero attached hydrogens (tertiary/aromatic N) is 3. The number of alkyl halides is 2. The van der Waals surface area contributed by atoms with Gasteiger partial charge in [-0.25, -0.2) is 14.5 Å². The molecular weight excluding hydrogens is 364 g/mol. The van der Waals surface area contributed by atoms with Crippen LogP contribution in [0.5, 0.6) is 5.75 Å². The van der Waals surface area contributed by atoms with E-state index in [1.165, 1.54) is 25.4 Å². The third-order valence-electron chi connectivity index (χ3n) is 3.34. The Hall–Kier alpha value is -3.24. The van der Waals surface area contributed by atoms with Crippen molar-refractivity contribution in [3.63, 3.8) is 0 Å². The van der Waals surface area contributed by atoms with Crippen LogP contribution in [0.15, 0.2) is 24.5 Å². The number of carbonyl (C=O) groups is 2. The lowest BCUT2D eigenvalue weighted by molar-refractivity contribution is 0.0568. The van der Waals surface area contributed by atoms with Crippen molar-refractivity contribution >= 4 is 23.6 Å². The Bertz CT molecular complexity index is 797. The molecule has 0 aliphatic rings. The summed E-state index contributed by atoms with van der Waals surface area (Å²) in [5.74, 6) is -0.452. The van der Waals surface area contributed by atoms with E-state index >= 15 is 0 Å². The zero-order valence-electron chi connectivity index (χ0n) is 14.7. The van der Waals surface area contributed by atoms with Crippen LogP contribution in [0.2, 0.25) is 0 Å². The number of anilines is 2. The van der Waals surface area contributed by atoms with E-state index < -0.39 is 18.5 Å². The lowest BCUT2D eigenvalue weighted by Crippen LogP contribution is -2.17. The Kier molecular flexibility index (Phi) is 7.03. The summed E-state index contributed by atoms with van der Waals surface area (Å²) < 4.78 is 35.5. The average Bonchev–Trinajstić information content (AvgIpc) is 3.10. The van der Waals surface area contributed by atoms with Gasteiger partial charge in [0.15, 0.2) is 5.82 Å². The first kappa shape index (κ1) is 20.1. The number of unbranched alkanes of at least 4 members (excludes halogenated alkanes) is 1. The standard InChI is InChI=1S/C16H19F2N5O4/c1-3-4-7-27-16(25)21-13-8-11(26-2)10(9-19-13)14(24)20-12-5-6-23(22-12)15(17)18/h5-6,8-9,15H,3-4,7H2,1-2H3,(H,19,21,25)(H,20,22,24). The molecule has 9 nitrogen and oxygen atoms in total. The van der Waals surface area contributed by atoms with E-state index in [2.05, 4.69) is 20.7 Å². The molecule has 0 unspecified atom stereocenters.